The molecule has 3 heterocycles. The Bertz CT molecular complexity index is 1450. The largest absolute Gasteiger partial charge is 0.366 e. The van der Waals surface area contributed by atoms with E-state index in [1.807, 2.05) is 19.2 Å². The zero-order valence-electron chi connectivity index (χ0n) is 20.5. The van der Waals surface area contributed by atoms with E-state index >= 15 is 0 Å². The first kappa shape index (κ1) is 23.2. The van der Waals surface area contributed by atoms with E-state index in [0.717, 1.165) is 40.6 Å². The van der Waals surface area contributed by atoms with Crippen LogP contribution >= 0.6 is 11.6 Å². The molecule has 184 valence electrons. The van der Waals surface area contributed by atoms with Crippen molar-refractivity contribution in [3.8, 4) is 22.4 Å². The number of fused-ring (bicyclic) bond motifs is 2. The number of nitrogens with two attached hydrogens (primary N) is 1. The number of hydrogen-bond donors (Lipinski definition) is 2. The van der Waals surface area contributed by atoms with E-state index in [1.54, 1.807) is 6.07 Å². The zero-order chi connectivity index (χ0) is 24.8. The molecule has 0 spiro atoms. The summed E-state index contributed by atoms with van der Waals surface area (Å²) < 4.78 is 0. The first-order valence-electron chi connectivity index (χ1n) is 12.8. The van der Waals surface area contributed by atoms with Gasteiger partial charge >= 0.3 is 0 Å². The molecule has 1 fully saturated rings. The van der Waals surface area contributed by atoms with Crippen molar-refractivity contribution >= 4 is 28.5 Å². The first-order valence-corrected chi connectivity index (χ1v) is 13.2. The summed E-state index contributed by atoms with van der Waals surface area (Å²) in [7, 11) is 0. The number of nitrogens with one attached hydrogen (secondary N) is 1. The molecule has 6 nitrogen and oxygen atoms in total. The van der Waals surface area contributed by atoms with Gasteiger partial charge in [0.15, 0.2) is 5.65 Å². The number of halogens is 1. The zero-order valence-corrected chi connectivity index (χ0v) is 21.2. The molecule has 4 aromatic rings. The van der Waals surface area contributed by atoms with Gasteiger partial charge in [-0.1, -0.05) is 29.8 Å². The van der Waals surface area contributed by atoms with Crippen molar-refractivity contribution in [3.05, 3.63) is 69.9 Å². The molecule has 1 aliphatic carbocycles. The molecule has 2 aromatic carbocycles. The summed E-state index contributed by atoms with van der Waals surface area (Å²) in [6, 6.07) is 13.4. The van der Waals surface area contributed by atoms with Crippen molar-refractivity contribution in [2.45, 2.75) is 51.5 Å². The van der Waals surface area contributed by atoms with E-state index in [4.69, 9.17) is 17.3 Å². The van der Waals surface area contributed by atoms with Gasteiger partial charge in [-0.3, -0.25) is 9.89 Å². The van der Waals surface area contributed by atoms with Crippen LogP contribution in [0.1, 0.15) is 52.7 Å². The lowest BCUT2D eigenvalue weighted by Gasteiger charge is -2.25. The van der Waals surface area contributed by atoms with Crippen molar-refractivity contribution < 1.29 is 4.79 Å². The van der Waals surface area contributed by atoms with Gasteiger partial charge in [-0.05, 0) is 99.0 Å². The van der Waals surface area contributed by atoms with Gasteiger partial charge in [-0.25, -0.2) is 4.98 Å². The van der Waals surface area contributed by atoms with Crippen molar-refractivity contribution in [3.63, 3.8) is 0 Å². The van der Waals surface area contributed by atoms with Crippen molar-refractivity contribution in [1.82, 2.24) is 20.1 Å². The molecule has 2 aliphatic rings. The maximum Gasteiger partial charge on any atom is 0.250 e. The van der Waals surface area contributed by atoms with Gasteiger partial charge in [0.05, 0.1) is 10.6 Å². The summed E-state index contributed by atoms with van der Waals surface area (Å²) in [5, 5.41) is 8.79. The van der Waals surface area contributed by atoms with Crippen LogP contribution in [0.15, 0.2) is 42.6 Å². The second-order valence-corrected chi connectivity index (χ2v) is 10.6. The Labute approximate surface area is 215 Å². The van der Waals surface area contributed by atoms with Crippen LogP contribution in [0.3, 0.4) is 0 Å². The lowest BCUT2D eigenvalue weighted by Crippen LogP contribution is -2.32. The molecule has 7 heteroatoms. The lowest BCUT2D eigenvalue weighted by molar-refractivity contribution is 0.1000. The van der Waals surface area contributed by atoms with Gasteiger partial charge in [0.2, 0.25) is 5.91 Å². The molecule has 0 bridgehead atoms. The second kappa shape index (κ2) is 9.34. The normalized spacial score (nSPS) is 18.3. The highest BCUT2D eigenvalue weighted by atomic mass is 35.5. The minimum atomic E-state index is -0.533. The van der Waals surface area contributed by atoms with E-state index in [0.29, 0.717) is 22.3 Å². The maximum absolute atomic E-state index is 11.8. The van der Waals surface area contributed by atoms with E-state index in [2.05, 4.69) is 44.3 Å². The summed E-state index contributed by atoms with van der Waals surface area (Å²) in [5.74, 6) is -0.533. The molecule has 1 saturated heterocycles. The Morgan fingerprint density at radius 2 is 1.81 bits per heavy atom. The number of aryl methyl sites for hydroxylation is 3. The van der Waals surface area contributed by atoms with Crippen LogP contribution in [0.4, 0.5) is 0 Å². The minimum absolute atomic E-state index is 0.329. The third kappa shape index (κ3) is 4.18. The number of carbonyl (C=O) groups is 1. The number of rotatable bonds is 4. The molecule has 6 rings (SSSR count). The number of H-pyrrole nitrogens is 1. The van der Waals surface area contributed by atoms with Crippen LogP contribution in [-0.4, -0.2) is 45.1 Å². The molecule has 1 amide bonds. The lowest BCUT2D eigenvalue weighted by atomic mass is 9.96. The monoisotopic (exact) mass is 499 g/mol. The number of aromatic amines is 1. The standard InChI is InChI=1S/C29H30ClN5O/c1-17-12-21(15-25(30)26(17)28(31)36)27-24-14-22(16-32-29(24)34-33-27)20-5-4-18-6-8-23(9-7-19(18)13-20)35-10-2-3-11-35/h4-5,12-16,23H,2-3,6-11H2,1H3,(H2,31,36)(H,32,33,34)/t23-/m0/s1. The van der Waals surface area contributed by atoms with Crippen LogP contribution in [0.2, 0.25) is 5.02 Å². The molecule has 3 N–H and O–H groups in total. The third-order valence-electron chi connectivity index (χ3n) is 7.91. The summed E-state index contributed by atoms with van der Waals surface area (Å²) in [6.45, 7) is 4.36. The van der Waals surface area contributed by atoms with E-state index < -0.39 is 5.91 Å². The molecule has 36 heavy (non-hydrogen) atoms. The van der Waals surface area contributed by atoms with Gasteiger partial charge in [-0.15, -0.1) is 0 Å². The first-order chi connectivity index (χ1) is 17.5. The Balaban J connectivity index is 1.33. The number of pyridine rings is 1. The Hall–Kier alpha value is -3.22. The molecule has 1 aliphatic heterocycles. The van der Waals surface area contributed by atoms with Crippen LogP contribution in [0.25, 0.3) is 33.4 Å². The summed E-state index contributed by atoms with van der Waals surface area (Å²) in [5.41, 5.74) is 14.0. The fourth-order valence-electron chi connectivity index (χ4n) is 6.02. The van der Waals surface area contributed by atoms with Gasteiger partial charge in [-0.2, -0.15) is 5.10 Å². The van der Waals surface area contributed by atoms with Crippen LogP contribution in [0, 0.1) is 6.92 Å². The van der Waals surface area contributed by atoms with E-state index in [1.165, 1.54) is 55.5 Å². The van der Waals surface area contributed by atoms with Crippen LogP contribution < -0.4 is 5.73 Å². The Morgan fingerprint density at radius 3 is 2.56 bits per heavy atom. The fraction of sp³-hybridized carbons (Fsp3) is 0.345. The van der Waals surface area contributed by atoms with Crippen molar-refractivity contribution in [1.29, 1.82) is 0 Å². The van der Waals surface area contributed by atoms with E-state index in [-0.39, 0.29) is 0 Å². The quantitative estimate of drug-likeness (QED) is 0.353. The Morgan fingerprint density at radius 1 is 1.03 bits per heavy atom. The van der Waals surface area contributed by atoms with Gasteiger partial charge in [0, 0.05) is 28.8 Å². The SMILES string of the molecule is Cc1cc(-c2n[nH]c3ncc(-c4ccc5c(c4)CC[C@@H](N4CCCC4)CC5)cc23)cc(Cl)c1C(N)=O. The number of aromatic nitrogens is 3. The number of likely N-dealkylation sites (tertiary alicyclic amines) is 1. The number of carbonyl (C=O) groups excluding carboxylic acids is 1. The third-order valence-corrected chi connectivity index (χ3v) is 8.21. The average molecular weight is 500 g/mol. The number of hydrogen-bond acceptors (Lipinski definition) is 4. The molecule has 0 saturated carbocycles. The Kier molecular flexibility index (Phi) is 6.02. The summed E-state index contributed by atoms with van der Waals surface area (Å²) in [4.78, 5) is 19.1. The topological polar surface area (TPSA) is 87.9 Å². The van der Waals surface area contributed by atoms with Gasteiger partial charge in [0.1, 0.15) is 5.69 Å². The van der Waals surface area contributed by atoms with Crippen molar-refractivity contribution in [2.75, 3.05) is 13.1 Å². The predicted molar refractivity (Wildman–Crippen MR) is 144 cm³/mol. The highest BCUT2D eigenvalue weighted by Crippen LogP contribution is 2.34. The smallest absolute Gasteiger partial charge is 0.250 e. The average Bonchev–Trinajstić information content (AvgIpc) is 3.49. The number of nitrogens with zero attached hydrogens (tertiary/aromatic N) is 3. The second-order valence-electron chi connectivity index (χ2n) is 10.2. The van der Waals surface area contributed by atoms with Crippen LogP contribution in [0.5, 0.6) is 0 Å². The number of amides is 1. The molecule has 0 radical (unpaired) electrons. The molecular formula is C29H30ClN5O. The highest BCUT2D eigenvalue weighted by Gasteiger charge is 2.24. The van der Waals surface area contributed by atoms with E-state index in [9.17, 15) is 4.79 Å². The minimum Gasteiger partial charge on any atom is -0.366 e. The number of primary amides is 1. The van der Waals surface area contributed by atoms with Crippen molar-refractivity contribution in [2.24, 2.45) is 5.73 Å². The van der Waals surface area contributed by atoms with Gasteiger partial charge < -0.3 is 10.6 Å². The summed E-state index contributed by atoms with van der Waals surface area (Å²) in [6.07, 6.45) is 9.38. The summed E-state index contributed by atoms with van der Waals surface area (Å²) >= 11 is 6.40. The highest BCUT2D eigenvalue weighted by molar-refractivity contribution is 6.34. The fourth-order valence-corrected chi connectivity index (χ4v) is 6.38. The van der Waals surface area contributed by atoms with Gasteiger partial charge in [0.25, 0.3) is 0 Å². The van der Waals surface area contributed by atoms with Crippen LogP contribution in [-0.2, 0) is 12.8 Å². The molecule has 0 unspecified atom stereocenters. The predicted octanol–water partition coefficient (Wildman–Crippen LogP) is 5.70. The molecule has 1 atom stereocenters. The molecular weight excluding hydrogens is 470 g/mol. The number of benzene rings is 2. The maximum atomic E-state index is 11.8. The molecule has 2 aromatic heterocycles.